The van der Waals surface area contributed by atoms with E-state index >= 15 is 0 Å². The molecule has 1 fully saturated rings. The number of sulfonamides is 1. The molecule has 0 bridgehead atoms. The normalized spacial score (nSPS) is 18.4. The average molecular weight is 398 g/mol. The fourth-order valence-corrected chi connectivity index (χ4v) is 4.74. The van der Waals surface area contributed by atoms with Gasteiger partial charge in [-0.25, -0.2) is 17.2 Å². The summed E-state index contributed by atoms with van der Waals surface area (Å²) >= 11 is 0. The molecule has 27 heavy (non-hydrogen) atoms. The molecular formula is C17H20F2N4O3S. The van der Waals surface area contributed by atoms with Gasteiger partial charge in [0.1, 0.15) is 0 Å². The van der Waals surface area contributed by atoms with Crippen LogP contribution in [0.4, 0.5) is 8.78 Å². The number of hydrogen-bond donors (Lipinski definition) is 1. The van der Waals surface area contributed by atoms with Crippen molar-refractivity contribution < 1.29 is 22.0 Å². The molecule has 10 heteroatoms. The molecule has 0 aliphatic carbocycles. The Kier molecular flexibility index (Phi) is 5.29. The van der Waals surface area contributed by atoms with Gasteiger partial charge in [0.15, 0.2) is 11.6 Å². The minimum absolute atomic E-state index is 0.122. The van der Waals surface area contributed by atoms with E-state index in [1.807, 2.05) is 0 Å². The summed E-state index contributed by atoms with van der Waals surface area (Å²) in [5.74, 6) is -2.79. The van der Waals surface area contributed by atoms with Crippen molar-refractivity contribution in [2.24, 2.45) is 0 Å². The third kappa shape index (κ3) is 3.72. The van der Waals surface area contributed by atoms with Gasteiger partial charge < -0.3 is 4.90 Å². The minimum atomic E-state index is -3.98. The molecule has 1 aromatic carbocycles. The first-order valence-electron chi connectivity index (χ1n) is 8.42. The van der Waals surface area contributed by atoms with Gasteiger partial charge in [-0.05, 0) is 31.0 Å². The van der Waals surface area contributed by atoms with Gasteiger partial charge in [0, 0.05) is 33.1 Å². The number of halogens is 2. The molecule has 1 unspecified atom stereocenters. The fourth-order valence-electron chi connectivity index (χ4n) is 3.20. The van der Waals surface area contributed by atoms with E-state index in [2.05, 4.69) is 10.2 Å². The molecular weight excluding hydrogens is 378 g/mol. The fraction of sp³-hybridized carbons (Fsp3) is 0.412. The molecule has 3 rings (SSSR count). The van der Waals surface area contributed by atoms with Crippen molar-refractivity contribution in [1.82, 2.24) is 19.4 Å². The zero-order valence-corrected chi connectivity index (χ0v) is 15.8. The number of benzene rings is 1. The lowest BCUT2D eigenvalue weighted by Gasteiger charge is -2.32. The number of rotatable bonds is 4. The van der Waals surface area contributed by atoms with Crippen molar-refractivity contribution in [3.05, 3.63) is 47.3 Å². The lowest BCUT2D eigenvalue weighted by molar-refractivity contribution is 0.0825. The first-order chi connectivity index (χ1) is 12.7. The second-order valence-corrected chi connectivity index (χ2v) is 8.61. The summed E-state index contributed by atoms with van der Waals surface area (Å²) in [7, 11) is -0.728. The highest BCUT2D eigenvalue weighted by Gasteiger charge is 2.33. The standard InChI is InChI=1S/C17H20F2N4O3S/c1-22(2)17(24)13-9-20-21-16(13)11-4-3-7-23(10-11)27(25,26)12-5-6-14(18)15(19)8-12/h5-6,8-9,11H,3-4,7,10H2,1-2H3,(H,20,21). The maximum Gasteiger partial charge on any atom is 0.256 e. The van der Waals surface area contributed by atoms with Gasteiger partial charge in [-0.3, -0.25) is 9.89 Å². The maximum atomic E-state index is 13.5. The van der Waals surface area contributed by atoms with Crippen LogP contribution in [-0.2, 0) is 10.0 Å². The number of nitrogens with one attached hydrogen (secondary N) is 1. The molecule has 146 valence electrons. The van der Waals surface area contributed by atoms with Gasteiger partial charge in [0.2, 0.25) is 10.0 Å². The van der Waals surface area contributed by atoms with E-state index in [0.717, 1.165) is 12.1 Å². The van der Waals surface area contributed by atoms with E-state index < -0.39 is 21.7 Å². The van der Waals surface area contributed by atoms with Gasteiger partial charge in [0.05, 0.1) is 22.3 Å². The minimum Gasteiger partial charge on any atom is -0.345 e. The monoisotopic (exact) mass is 398 g/mol. The Morgan fingerprint density at radius 2 is 2.04 bits per heavy atom. The predicted molar refractivity (Wildman–Crippen MR) is 93.7 cm³/mol. The van der Waals surface area contributed by atoms with Gasteiger partial charge in [-0.15, -0.1) is 0 Å². The SMILES string of the molecule is CN(C)C(=O)c1cn[nH]c1C1CCCN(S(=O)(=O)c2ccc(F)c(F)c2)C1. The quantitative estimate of drug-likeness (QED) is 0.853. The first kappa shape index (κ1) is 19.4. The van der Waals surface area contributed by atoms with Crippen LogP contribution >= 0.6 is 0 Å². The van der Waals surface area contributed by atoms with Crippen LogP contribution in [0.5, 0.6) is 0 Å². The summed E-state index contributed by atoms with van der Waals surface area (Å²) < 4.78 is 53.5. The third-order valence-corrected chi connectivity index (χ3v) is 6.49. The molecule has 2 aromatic rings. The maximum absolute atomic E-state index is 13.5. The molecule has 0 radical (unpaired) electrons. The van der Waals surface area contributed by atoms with E-state index in [1.165, 1.54) is 15.4 Å². The second kappa shape index (κ2) is 7.35. The van der Waals surface area contributed by atoms with E-state index in [-0.39, 0.29) is 29.8 Å². The zero-order chi connectivity index (χ0) is 19.8. The molecule has 1 aliphatic rings. The zero-order valence-electron chi connectivity index (χ0n) is 14.9. The molecule has 1 N–H and O–H groups in total. The molecule has 1 aliphatic heterocycles. The van der Waals surface area contributed by atoms with E-state index in [0.29, 0.717) is 30.2 Å². The largest absolute Gasteiger partial charge is 0.345 e. The Morgan fingerprint density at radius 1 is 1.30 bits per heavy atom. The number of piperidine rings is 1. The van der Waals surface area contributed by atoms with Crippen molar-refractivity contribution in [3.8, 4) is 0 Å². The number of nitrogens with zero attached hydrogens (tertiary/aromatic N) is 3. The van der Waals surface area contributed by atoms with E-state index in [1.54, 1.807) is 14.1 Å². The Morgan fingerprint density at radius 3 is 2.70 bits per heavy atom. The van der Waals surface area contributed by atoms with Crippen LogP contribution in [0.15, 0.2) is 29.3 Å². The van der Waals surface area contributed by atoms with Gasteiger partial charge in [0.25, 0.3) is 5.91 Å². The number of H-pyrrole nitrogens is 1. The Hall–Kier alpha value is -2.33. The summed E-state index contributed by atoms with van der Waals surface area (Å²) in [6.45, 7) is 0.389. The van der Waals surface area contributed by atoms with Crippen LogP contribution in [0.3, 0.4) is 0 Å². The highest BCUT2D eigenvalue weighted by Crippen LogP contribution is 2.31. The summed E-state index contributed by atoms with van der Waals surface area (Å²) in [5.41, 5.74) is 0.982. The van der Waals surface area contributed by atoms with Crippen molar-refractivity contribution in [1.29, 1.82) is 0 Å². The summed E-state index contributed by atoms with van der Waals surface area (Å²) in [6.07, 6.45) is 2.68. The number of carbonyl (C=O) groups excluding carboxylic acids is 1. The lowest BCUT2D eigenvalue weighted by Crippen LogP contribution is -2.39. The number of amides is 1. The van der Waals surface area contributed by atoms with Crippen LogP contribution in [0.2, 0.25) is 0 Å². The Balaban J connectivity index is 1.87. The average Bonchev–Trinajstić information content (AvgIpc) is 3.13. The van der Waals surface area contributed by atoms with Crippen LogP contribution in [0, 0.1) is 11.6 Å². The van der Waals surface area contributed by atoms with E-state index in [9.17, 15) is 22.0 Å². The predicted octanol–water partition coefficient (Wildman–Crippen LogP) is 1.96. The topological polar surface area (TPSA) is 86.4 Å². The highest BCUT2D eigenvalue weighted by atomic mass is 32.2. The van der Waals surface area contributed by atoms with Crippen molar-refractivity contribution in [3.63, 3.8) is 0 Å². The third-order valence-electron chi connectivity index (χ3n) is 4.63. The molecule has 2 heterocycles. The van der Waals surface area contributed by atoms with Crippen molar-refractivity contribution in [2.45, 2.75) is 23.7 Å². The summed E-state index contributed by atoms with van der Waals surface area (Å²) in [5, 5.41) is 6.75. The van der Waals surface area contributed by atoms with Gasteiger partial charge in [-0.1, -0.05) is 0 Å². The van der Waals surface area contributed by atoms with Crippen LogP contribution in [0.1, 0.15) is 34.8 Å². The van der Waals surface area contributed by atoms with Crippen LogP contribution < -0.4 is 0 Å². The number of carbonyl (C=O) groups is 1. The van der Waals surface area contributed by atoms with Crippen molar-refractivity contribution in [2.75, 3.05) is 27.2 Å². The highest BCUT2D eigenvalue weighted by molar-refractivity contribution is 7.89. The summed E-state index contributed by atoms with van der Waals surface area (Å²) in [4.78, 5) is 13.4. The lowest BCUT2D eigenvalue weighted by atomic mass is 9.93. The van der Waals surface area contributed by atoms with E-state index in [4.69, 9.17) is 0 Å². The number of aromatic nitrogens is 2. The van der Waals surface area contributed by atoms with Crippen LogP contribution in [-0.4, -0.2) is 60.9 Å². The second-order valence-electron chi connectivity index (χ2n) is 6.68. The molecule has 1 atom stereocenters. The molecule has 0 spiro atoms. The number of hydrogen-bond acceptors (Lipinski definition) is 4. The number of aromatic amines is 1. The Bertz CT molecular complexity index is 959. The van der Waals surface area contributed by atoms with Crippen molar-refractivity contribution >= 4 is 15.9 Å². The Labute approximate surface area is 156 Å². The van der Waals surface area contributed by atoms with Crippen LogP contribution in [0.25, 0.3) is 0 Å². The molecule has 1 aromatic heterocycles. The van der Waals surface area contributed by atoms with Gasteiger partial charge >= 0.3 is 0 Å². The molecule has 0 saturated carbocycles. The molecule has 1 saturated heterocycles. The first-order valence-corrected chi connectivity index (χ1v) is 9.86. The summed E-state index contributed by atoms with van der Waals surface area (Å²) in [6, 6.07) is 2.53. The molecule has 1 amide bonds. The molecule has 7 nitrogen and oxygen atoms in total. The smallest absolute Gasteiger partial charge is 0.256 e. The van der Waals surface area contributed by atoms with Gasteiger partial charge in [-0.2, -0.15) is 9.40 Å².